The van der Waals surface area contributed by atoms with E-state index < -0.39 is 5.97 Å². The fourth-order valence-corrected chi connectivity index (χ4v) is 2.22. The van der Waals surface area contributed by atoms with Crippen LogP contribution in [0.3, 0.4) is 0 Å². The molecule has 0 aromatic heterocycles. The molecule has 2 nitrogen and oxygen atoms in total. The molecule has 1 saturated carbocycles. The molecule has 1 aliphatic rings. The summed E-state index contributed by atoms with van der Waals surface area (Å²) in [6.45, 7) is 2.02. The van der Waals surface area contributed by atoms with Gasteiger partial charge in [-0.1, -0.05) is 28.1 Å². The Bertz CT molecular complexity index is 387. The molecule has 1 N–H and O–H groups in total. The second kappa shape index (κ2) is 3.39. The Balaban J connectivity index is 2.27. The SMILES string of the molecule is Cc1c(Br)cccc1C1CC1C(=O)O. The third-order valence-corrected chi connectivity index (χ3v) is 3.68. The molecule has 1 aromatic carbocycles. The van der Waals surface area contributed by atoms with E-state index in [1.165, 1.54) is 11.1 Å². The number of hydrogen-bond donors (Lipinski definition) is 1. The molecular formula is C11H11BrO2. The predicted octanol–water partition coefficient (Wildman–Crippen LogP) is 2.95. The van der Waals surface area contributed by atoms with Gasteiger partial charge >= 0.3 is 5.97 Å². The standard InChI is InChI=1S/C11H11BrO2/c1-6-7(3-2-4-10(6)12)8-5-9(8)11(13)14/h2-4,8-9H,5H2,1H3,(H,13,14). The van der Waals surface area contributed by atoms with Gasteiger partial charge < -0.3 is 5.11 Å². The zero-order valence-electron chi connectivity index (χ0n) is 7.83. The molecule has 1 fully saturated rings. The molecule has 2 rings (SSSR count). The average Bonchev–Trinajstić information content (AvgIpc) is 2.89. The van der Waals surface area contributed by atoms with Gasteiger partial charge in [0.2, 0.25) is 0 Å². The van der Waals surface area contributed by atoms with Crippen LogP contribution in [0.15, 0.2) is 22.7 Å². The molecule has 0 amide bonds. The van der Waals surface area contributed by atoms with Crippen LogP contribution in [0.4, 0.5) is 0 Å². The normalized spacial score (nSPS) is 24.7. The van der Waals surface area contributed by atoms with Crippen LogP contribution in [0.2, 0.25) is 0 Å². The van der Waals surface area contributed by atoms with E-state index in [9.17, 15) is 4.79 Å². The van der Waals surface area contributed by atoms with Crippen LogP contribution < -0.4 is 0 Å². The Morgan fingerprint density at radius 1 is 1.57 bits per heavy atom. The van der Waals surface area contributed by atoms with Gasteiger partial charge in [-0.05, 0) is 36.5 Å². The quantitative estimate of drug-likeness (QED) is 0.882. The number of halogens is 1. The lowest BCUT2D eigenvalue weighted by Gasteiger charge is -2.05. The Hall–Kier alpha value is -0.830. The van der Waals surface area contributed by atoms with E-state index in [1.54, 1.807) is 0 Å². The Morgan fingerprint density at radius 3 is 2.86 bits per heavy atom. The van der Waals surface area contributed by atoms with Crippen LogP contribution in [0, 0.1) is 12.8 Å². The number of carbonyl (C=O) groups is 1. The highest BCUT2D eigenvalue weighted by Gasteiger charge is 2.44. The maximum absolute atomic E-state index is 10.7. The van der Waals surface area contributed by atoms with Gasteiger partial charge in [-0.3, -0.25) is 4.79 Å². The largest absolute Gasteiger partial charge is 0.481 e. The maximum Gasteiger partial charge on any atom is 0.307 e. The average molecular weight is 255 g/mol. The molecule has 3 heteroatoms. The molecule has 0 saturated heterocycles. The fourth-order valence-electron chi connectivity index (χ4n) is 1.84. The summed E-state index contributed by atoms with van der Waals surface area (Å²) in [7, 11) is 0. The van der Waals surface area contributed by atoms with Gasteiger partial charge in [0.15, 0.2) is 0 Å². The lowest BCUT2D eigenvalue weighted by molar-refractivity contribution is -0.138. The molecule has 1 aliphatic carbocycles. The molecule has 0 spiro atoms. The highest BCUT2D eigenvalue weighted by Crippen LogP contribution is 2.49. The fraction of sp³-hybridized carbons (Fsp3) is 0.364. The van der Waals surface area contributed by atoms with E-state index in [4.69, 9.17) is 5.11 Å². The van der Waals surface area contributed by atoms with Crippen LogP contribution in [0.5, 0.6) is 0 Å². The Kier molecular flexibility index (Phi) is 2.35. The monoisotopic (exact) mass is 254 g/mol. The molecule has 0 radical (unpaired) electrons. The lowest BCUT2D eigenvalue weighted by atomic mass is 10.0. The van der Waals surface area contributed by atoms with Crippen LogP contribution in [-0.2, 0) is 4.79 Å². The Labute approximate surface area is 91.1 Å². The Morgan fingerprint density at radius 2 is 2.29 bits per heavy atom. The summed E-state index contributed by atoms with van der Waals surface area (Å²) in [6, 6.07) is 5.97. The van der Waals surface area contributed by atoms with Gasteiger partial charge in [0, 0.05) is 4.47 Å². The number of rotatable bonds is 2. The van der Waals surface area contributed by atoms with Crippen molar-refractivity contribution in [3.8, 4) is 0 Å². The third kappa shape index (κ3) is 1.57. The van der Waals surface area contributed by atoms with Crippen molar-refractivity contribution in [1.29, 1.82) is 0 Å². The summed E-state index contributed by atoms with van der Waals surface area (Å²) in [5.41, 5.74) is 2.34. The molecule has 74 valence electrons. The van der Waals surface area contributed by atoms with Crippen molar-refractivity contribution in [3.63, 3.8) is 0 Å². The molecule has 14 heavy (non-hydrogen) atoms. The third-order valence-electron chi connectivity index (χ3n) is 2.82. The number of aliphatic carboxylic acids is 1. The van der Waals surface area contributed by atoms with E-state index >= 15 is 0 Å². The number of benzene rings is 1. The van der Waals surface area contributed by atoms with Crippen molar-refractivity contribution in [1.82, 2.24) is 0 Å². The zero-order valence-corrected chi connectivity index (χ0v) is 9.41. The minimum atomic E-state index is -0.672. The van der Waals surface area contributed by atoms with Crippen LogP contribution in [0.25, 0.3) is 0 Å². The van der Waals surface area contributed by atoms with Crippen LogP contribution in [-0.4, -0.2) is 11.1 Å². The summed E-state index contributed by atoms with van der Waals surface area (Å²) >= 11 is 3.45. The maximum atomic E-state index is 10.7. The van der Waals surface area contributed by atoms with E-state index in [0.717, 1.165) is 10.9 Å². The first-order chi connectivity index (χ1) is 6.61. The van der Waals surface area contributed by atoms with Crippen molar-refractivity contribution in [2.75, 3.05) is 0 Å². The van der Waals surface area contributed by atoms with Gasteiger partial charge in [-0.15, -0.1) is 0 Å². The van der Waals surface area contributed by atoms with E-state index in [0.29, 0.717) is 0 Å². The summed E-state index contributed by atoms with van der Waals surface area (Å²) in [4.78, 5) is 10.7. The number of hydrogen-bond acceptors (Lipinski definition) is 1. The van der Waals surface area contributed by atoms with Crippen LogP contribution in [0.1, 0.15) is 23.5 Å². The van der Waals surface area contributed by atoms with E-state index in [-0.39, 0.29) is 11.8 Å². The topological polar surface area (TPSA) is 37.3 Å². The summed E-state index contributed by atoms with van der Waals surface area (Å²) in [5.74, 6) is -0.609. The van der Waals surface area contributed by atoms with Gasteiger partial charge in [0.25, 0.3) is 0 Å². The molecule has 1 aromatic rings. The highest BCUT2D eigenvalue weighted by molar-refractivity contribution is 9.10. The molecule has 0 aliphatic heterocycles. The van der Waals surface area contributed by atoms with Crippen molar-refractivity contribution in [2.45, 2.75) is 19.3 Å². The summed E-state index contributed by atoms with van der Waals surface area (Å²) in [6.07, 6.45) is 0.784. The molecule has 0 heterocycles. The smallest absolute Gasteiger partial charge is 0.307 e. The van der Waals surface area contributed by atoms with Gasteiger partial charge in [-0.25, -0.2) is 0 Å². The zero-order chi connectivity index (χ0) is 10.3. The van der Waals surface area contributed by atoms with E-state index in [2.05, 4.69) is 15.9 Å². The van der Waals surface area contributed by atoms with Gasteiger partial charge in [0.1, 0.15) is 0 Å². The molecule has 0 bridgehead atoms. The van der Waals surface area contributed by atoms with Gasteiger partial charge in [0.05, 0.1) is 5.92 Å². The second-order valence-electron chi connectivity index (χ2n) is 3.74. The van der Waals surface area contributed by atoms with Crippen molar-refractivity contribution < 1.29 is 9.90 Å². The molecule has 2 atom stereocenters. The van der Waals surface area contributed by atoms with Crippen LogP contribution >= 0.6 is 15.9 Å². The first-order valence-electron chi connectivity index (χ1n) is 4.59. The number of carboxylic acid groups (broad SMARTS) is 1. The van der Waals surface area contributed by atoms with Crippen molar-refractivity contribution in [3.05, 3.63) is 33.8 Å². The first kappa shape index (κ1) is 9.71. The van der Waals surface area contributed by atoms with Crippen molar-refractivity contribution in [2.24, 2.45) is 5.92 Å². The lowest BCUT2D eigenvalue weighted by Crippen LogP contribution is -1.99. The molecule has 2 unspecified atom stereocenters. The highest BCUT2D eigenvalue weighted by atomic mass is 79.9. The van der Waals surface area contributed by atoms with E-state index in [1.807, 2.05) is 25.1 Å². The predicted molar refractivity (Wildman–Crippen MR) is 57.4 cm³/mol. The minimum Gasteiger partial charge on any atom is -0.481 e. The van der Waals surface area contributed by atoms with Crippen molar-refractivity contribution >= 4 is 21.9 Å². The summed E-state index contributed by atoms with van der Waals surface area (Å²) in [5, 5.41) is 8.83. The number of carboxylic acids is 1. The second-order valence-corrected chi connectivity index (χ2v) is 4.60. The summed E-state index contributed by atoms with van der Waals surface area (Å²) < 4.78 is 1.06. The minimum absolute atomic E-state index is 0.164. The van der Waals surface area contributed by atoms with Gasteiger partial charge in [-0.2, -0.15) is 0 Å². The first-order valence-corrected chi connectivity index (χ1v) is 5.38. The molecular weight excluding hydrogens is 244 g/mol.